The average molecular weight is 345 g/mol. The van der Waals surface area contributed by atoms with Crippen molar-refractivity contribution in [1.29, 1.82) is 0 Å². The van der Waals surface area contributed by atoms with Crippen LogP contribution in [0.25, 0.3) is 0 Å². The summed E-state index contributed by atoms with van der Waals surface area (Å²) in [7, 11) is 0. The number of carbonyl (C=O) groups excluding carboxylic acids is 2. The molecule has 0 saturated heterocycles. The number of aryl methyl sites for hydroxylation is 1. The number of esters is 1. The number of amides is 1. The third-order valence-corrected chi connectivity index (χ3v) is 3.11. The maximum atomic E-state index is 11.9. The molecule has 1 heterocycles. The summed E-state index contributed by atoms with van der Waals surface area (Å²) >= 11 is 0. The van der Waals surface area contributed by atoms with Crippen LogP contribution in [0, 0.1) is 17.0 Å². The Hall–Kier alpha value is -3.49. The lowest BCUT2D eigenvalue weighted by molar-refractivity contribution is -0.384. The minimum Gasteiger partial charge on any atom is -0.462 e. The molecule has 0 atom stereocenters. The monoisotopic (exact) mass is 345 g/mol. The molecule has 1 aromatic carbocycles. The number of nitro groups is 1. The van der Waals surface area contributed by atoms with E-state index >= 15 is 0 Å². The van der Waals surface area contributed by atoms with Crippen molar-refractivity contribution >= 4 is 23.8 Å². The van der Waals surface area contributed by atoms with Gasteiger partial charge in [-0.3, -0.25) is 14.9 Å². The predicted octanol–water partition coefficient (Wildman–Crippen LogP) is 2.44. The molecule has 0 radical (unpaired) electrons. The summed E-state index contributed by atoms with van der Waals surface area (Å²) in [5, 5.41) is 14.4. The van der Waals surface area contributed by atoms with Crippen LogP contribution in [0.1, 0.15) is 39.2 Å². The van der Waals surface area contributed by atoms with Gasteiger partial charge in [0, 0.05) is 23.8 Å². The van der Waals surface area contributed by atoms with Crippen LogP contribution in [0.15, 0.2) is 39.9 Å². The Morgan fingerprint density at radius 1 is 1.40 bits per heavy atom. The van der Waals surface area contributed by atoms with Crippen molar-refractivity contribution in [2.45, 2.75) is 13.8 Å². The fourth-order valence-corrected chi connectivity index (χ4v) is 1.96. The van der Waals surface area contributed by atoms with Crippen molar-refractivity contribution in [2.75, 3.05) is 6.61 Å². The van der Waals surface area contributed by atoms with Crippen LogP contribution in [-0.4, -0.2) is 29.6 Å². The van der Waals surface area contributed by atoms with Crippen LogP contribution in [-0.2, 0) is 4.74 Å². The van der Waals surface area contributed by atoms with Crippen LogP contribution in [0.5, 0.6) is 0 Å². The number of nitrogens with zero attached hydrogens (tertiary/aromatic N) is 2. The highest BCUT2D eigenvalue weighted by Gasteiger charge is 2.15. The van der Waals surface area contributed by atoms with Gasteiger partial charge in [0.25, 0.3) is 11.6 Å². The smallest absolute Gasteiger partial charge is 0.341 e. The second kappa shape index (κ2) is 7.86. The quantitative estimate of drug-likeness (QED) is 0.371. The van der Waals surface area contributed by atoms with Gasteiger partial charge < -0.3 is 9.15 Å². The average Bonchev–Trinajstić information content (AvgIpc) is 2.96. The van der Waals surface area contributed by atoms with Crippen LogP contribution in [0.2, 0.25) is 0 Å². The number of hydrogen-bond donors (Lipinski definition) is 1. The van der Waals surface area contributed by atoms with Crippen molar-refractivity contribution < 1.29 is 23.7 Å². The molecular formula is C16H15N3O6. The zero-order valence-corrected chi connectivity index (χ0v) is 13.5. The normalized spacial score (nSPS) is 10.6. The Kier molecular flexibility index (Phi) is 5.62. The van der Waals surface area contributed by atoms with Gasteiger partial charge in [0.05, 0.1) is 17.7 Å². The number of ether oxygens (including phenoxy) is 1. The maximum Gasteiger partial charge on any atom is 0.341 e. The van der Waals surface area contributed by atoms with Crippen molar-refractivity contribution in [3.63, 3.8) is 0 Å². The fraction of sp³-hybridized carbons (Fsp3) is 0.188. The van der Waals surface area contributed by atoms with E-state index in [0.717, 1.165) is 6.07 Å². The first-order valence-electron chi connectivity index (χ1n) is 7.27. The standard InChI is InChI=1S/C16H15N3O6/c1-3-24-16(21)14-8-13(25-10(14)2)9-17-18-15(20)11-5-4-6-12(7-11)19(22)23/h4-9H,3H2,1-2H3,(H,18,20)/b17-9+. The minimum atomic E-state index is -0.617. The predicted molar refractivity (Wildman–Crippen MR) is 87.6 cm³/mol. The number of benzene rings is 1. The zero-order valence-electron chi connectivity index (χ0n) is 13.5. The largest absolute Gasteiger partial charge is 0.462 e. The molecule has 0 fully saturated rings. The van der Waals surface area contributed by atoms with Crippen molar-refractivity contribution in [3.05, 3.63) is 63.1 Å². The van der Waals surface area contributed by atoms with Gasteiger partial charge in [-0.15, -0.1) is 0 Å². The molecule has 1 amide bonds. The van der Waals surface area contributed by atoms with Gasteiger partial charge in [0.1, 0.15) is 17.1 Å². The second-order valence-corrected chi connectivity index (χ2v) is 4.85. The molecule has 9 heteroatoms. The van der Waals surface area contributed by atoms with E-state index < -0.39 is 16.8 Å². The summed E-state index contributed by atoms with van der Waals surface area (Å²) in [5.41, 5.74) is 2.39. The van der Waals surface area contributed by atoms with Gasteiger partial charge in [-0.1, -0.05) is 6.07 Å². The summed E-state index contributed by atoms with van der Waals surface area (Å²) in [4.78, 5) is 33.7. The number of nitro benzene ring substituents is 1. The Balaban J connectivity index is 2.05. The van der Waals surface area contributed by atoms with Gasteiger partial charge in [-0.2, -0.15) is 5.10 Å². The molecule has 0 saturated carbocycles. The fourth-order valence-electron chi connectivity index (χ4n) is 1.96. The van der Waals surface area contributed by atoms with Crippen LogP contribution in [0.3, 0.4) is 0 Å². The molecule has 0 bridgehead atoms. The molecule has 0 aliphatic rings. The lowest BCUT2D eigenvalue weighted by Gasteiger charge is -1.99. The van der Waals surface area contributed by atoms with E-state index in [1.54, 1.807) is 13.8 Å². The van der Waals surface area contributed by atoms with Crippen molar-refractivity contribution in [3.8, 4) is 0 Å². The van der Waals surface area contributed by atoms with Crippen LogP contribution >= 0.6 is 0 Å². The van der Waals surface area contributed by atoms with Crippen molar-refractivity contribution in [2.24, 2.45) is 5.10 Å². The molecular weight excluding hydrogens is 330 g/mol. The molecule has 2 aromatic rings. The third kappa shape index (κ3) is 4.50. The summed E-state index contributed by atoms with van der Waals surface area (Å²) in [5.74, 6) is -0.511. The molecule has 0 aliphatic heterocycles. The number of nitrogens with one attached hydrogen (secondary N) is 1. The molecule has 2 rings (SSSR count). The molecule has 25 heavy (non-hydrogen) atoms. The van der Waals surface area contributed by atoms with E-state index in [2.05, 4.69) is 10.5 Å². The first kappa shape index (κ1) is 17.9. The number of furan rings is 1. The number of carbonyl (C=O) groups is 2. The Bertz CT molecular complexity index is 840. The van der Waals surface area contributed by atoms with Crippen LogP contribution in [0.4, 0.5) is 5.69 Å². The van der Waals surface area contributed by atoms with E-state index in [9.17, 15) is 19.7 Å². The van der Waals surface area contributed by atoms with E-state index in [-0.39, 0.29) is 29.2 Å². The first-order chi connectivity index (χ1) is 11.9. The number of rotatable bonds is 6. The van der Waals surface area contributed by atoms with E-state index in [1.807, 2.05) is 0 Å². The molecule has 130 valence electrons. The highest BCUT2D eigenvalue weighted by atomic mass is 16.6. The molecule has 1 N–H and O–H groups in total. The topological polar surface area (TPSA) is 124 Å². The third-order valence-electron chi connectivity index (χ3n) is 3.11. The van der Waals surface area contributed by atoms with Gasteiger partial charge in [-0.25, -0.2) is 10.2 Å². The summed E-state index contributed by atoms with van der Waals surface area (Å²) < 4.78 is 10.2. The molecule has 9 nitrogen and oxygen atoms in total. The van der Waals surface area contributed by atoms with Gasteiger partial charge >= 0.3 is 5.97 Å². The Labute approximate surface area is 142 Å². The van der Waals surface area contributed by atoms with E-state index in [4.69, 9.17) is 9.15 Å². The zero-order chi connectivity index (χ0) is 18.4. The maximum absolute atomic E-state index is 11.9. The summed E-state index contributed by atoms with van der Waals surface area (Å²) in [6.45, 7) is 3.54. The molecule has 0 aliphatic carbocycles. The lowest BCUT2D eigenvalue weighted by atomic mass is 10.2. The van der Waals surface area contributed by atoms with Gasteiger partial charge in [-0.05, 0) is 19.9 Å². The van der Waals surface area contributed by atoms with E-state index in [1.165, 1.54) is 30.5 Å². The number of non-ortho nitro benzene ring substituents is 1. The van der Waals surface area contributed by atoms with Crippen LogP contribution < -0.4 is 5.43 Å². The molecule has 1 aromatic heterocycles. The SMILES string of the molecule is CCOC(=O)c1cc(/C=N/NC(=O)c2cccc([N+](=O)[O-])c2)oc1C. The number of hydrogen-bond acceptors (Lipinski definition) is 7. The van der Waals surface area contributed by atoms with E-state index in [0.29, 0.717) is 5.76 Å². The highest BCUT2D eigenvalue weighted by molar-refractivity contribution is 5.96. The van der Waals surface area contributed by atoms with Gasteiger partial charge in [0.15, 0.2) is 0 Å². The number of hydrazone groups is 1. The molecule has 0 unspecified atom stereocenters. The second-order valence-electron chi connectivity index (χ2n) is 4.85. The van der Waals surface area contributed by atoms with Gasteiger partial charge in [0.2, 0.25) is 0 Å². The minimum absolute atomic E-state index is 0.0918. The summed E-state index contributed by atoms with van der Waals surface area (Å²) in [6.07, 6.45) is 1.21. The lowest BCUT2D eigenvalue weighted by Crippen LogP contribution is -2.17. The first-order valence-corrected chi connectivity index (χ1v) is 7.27. The Morgan fingerprint density at radius 3 is 2.84 bits per heavy atom. The summed E-state index contributed by atoms with van der Waals surface area (Å²) in [6, 6.07) is 6.69. The Morgan fingerprint density at radius 2 is 2.16 bits per heavy atom. The van der Waals surface area contributed by atoms with Crippen molar-refractivity contribution in [1.82, 2.24) is 5.43 Å². The highest BCUT2D eigenvalue weighted by Crippen LogP contribution is 2.15. The molecule has 0 spiro atoms.